The molecule has 0 saturated carbocycles. The summed E-state index contributed by atoms with van der Waals surface area (Å²) in [4.78, 5) is 68.8. The molecule has 3 aromatic heterocycles. The molecule has 7 rings (SSSR count). The van der Waals surface area contributed by atoms with Gasteiger partial charge in [-0.05, 0) is 113 Å². The second kappa shape index (κ2) is 21.1. The third kappa shape index (κ3) is 12.2. The van der Waals surface area contributed by atoms with Crippen LogP contribution < -0.4 is 10.7 Å². The smallest absolute Gasteiger partial charge is 0.406 e. The number of pyridine rings is 1. The summed E-state index contributed by atoms with van der Waals surface area (Å²) >= 11 is 1.06. The van der Waals surface area contributed by atoms with Crippen LogP contribution in [0.3, 0.4) is 0 Å². The van der Waals surface area contributed by atoms with E-state index in [4.69, 9.17) is 19.2 Å². The zero-order chi connectivity index (χ0) is 51.8. The van der Waals surface area contributed by atoms with Gasteiger partial charge in [0, 0.05) is 66.8 Å². The zero-order valence-corrected chi connectivity index (χ0v) is 43.8. The second-order valence-electron chi connectivity index (χ2n) is 20.6. The van der Waals surface area contributed by atoms with Crippen LogP contribution in [0, 0.1) is 29.1 Å². The molecule has 381 valence electrons. The van der Waals surface area contributed by atoms with Crippen molar-refractivity contribution in [2.75, 3.05) is 54.1 Å². The van der Waals surface area contributed by atoms with Crippen molar-refractivity contribution in [1.29, 1.82) is 0 Å². The number of methoxy groups -OCH3 is 1. The number of benzene rings is 1. The lowest BCUT2D eigenvalue weighted by molar-refractivity contribution is -0.158. The molecule has 0 spiro atoms. The molecule has 2 fully saturated rings. The van der Waals surface area contributed by atoms with Gasteiger partial charge in [-0.15, -0.1) is 0 Å². The van der Waals surface area contributed by atoms with E-state index < -0.39 is 64.7 Å². The van der Waals surface area contributed by atoms with Crippen molar-refractivity contribution in [2.24, 2.45) is 17.3 Å². The number of fused-ring (bicyclic) bond motifs is 6. The Hall–Kier alpha value is -5.24. The average molecular weight is 1020 g/mol. The highest BCUT2D eigenvalue weighted by Crippen LogP contribution is 2.43. The molecule has 3 aliphatic rings. The highest BCUT2D eigenvalue weighted by Gasteiger charge is 2.44. The maximum atomic E-state index is 14.7. The molecule has 2 N–H and O–H groups in total. The first-order valence-electron chi connectivity index (χ1n) is 23.8. The van der Waals surface area contributed by atoms with Crippen LogP contribution in [0.5, 0.6) is 0 Å². The predicted octanol–water partition coefficient (Wildman–Crippen LogP) is 5.48. The van der Waals surface area contributed by atoms with Gasteiger partial charge in [-0.25, -0.2) is 10.4 Å². The van der Waals surface area contributed by atoms with Gasteiger partial charge >= 0.3 is 12.1 Å². The number of alkyl halides is 3. The van der Waals surface area contributed by atoms with E-state index in [1.54, 1.807) is 48.4 Å². The Kier molecular flexibility index (Phi) is 15.9. The van der Waals surface area contributed by atoms with Crippen LogP contribution in [0.15, 0.2) is 36.5 Å². The maximum absolute atomic E-state index is 14.7. The highest BCUT2D eigenvalue weighted by molar-refractivity contribution is 7.09. The largest absolute Gasteiger partial charge is 0.464 e. The fourth-order valence-corrected chi connectivity index (χ4v) is 9.80. The normalized spacial score (nSPS) is 21.0. The average Bonchev–Trinajstić information content (AvgIpc) is 3.87. The molecule has 71 heavy (non-hydrogen) atoms. The standard InChI is InChI=1S/C50H63F3N9O7SSi/c1-29(2)36(26-68-32-24-60(25-32)40(63)16-18-48(6,7)59(8)9)43(64)55-37-22-39-56-44(70-57-39)31-14-15-38-34(21-31)35(23-47(4,5)28-69-46(66)49(71)17-12-20-62(58-49)45(37)65)42(61(38)27-50(51,52)53)33-13-11-19-54-41(33)30(3)67-10/h11,13-15,19,21,29-30,32,36-37,58H,12,17,20,22-28H2,1-10H3,(H,55,64)/t30-,36-,37-,49-/m0/s1. The summed E-state index contributed by atoms with van der Waals surface area (Å²) in [5.74, 6) is 3.08. The summed E-state index contributed by atoms with van der Waals surface area (Å²) in [7, 11) is 8.93. The number of hydrogen-bond donors (Lipinski definition) is 2. The lowest BCUT2D eigenvalue weighted by Crippen LogP contribution is -2.67. The van der Waals surface area contributed by atoms with Crippen LogP contribution in [0.4, 0.5) is 13.2 Å². The van der Waals surface area contributed by atoms with Crippen molar-refractivity contribution in [3.8, 4) is 33.7 Å². The summed E-state index contributed by atoms with van der Waals surface area (Å²) < 4.78 is 67.8. The number of rotatable bonds is 11. The van der Waals surface area contributed by atoms with E-state index >= 15 is 0 Å². The van der Waals surface area contributed by atoms with E-state index in [1.807, 2.05) is 60.5 Å². The van der Waals surface area contributed by atoms with E-state index in [0.29, 0.717) is 63.5 Å². The van der Waals surface area contributed by atoms with Crippen LogP contribution in [0.1, 0.15) is 84.5 Å². The quantitative estimate of drug-likeness (QED) is 0.110. The molecule has 4 atom stereocenters. The molecule has 3 aliphatic heterocycles. The lowest BCUT2D eigenvalue weighted by atomic mass is 9.84. The molecule has 0 unspecified atom stereocenters. The molecular weight excluding hydrogens is 956 g/mol. The van der Waals surface area contributed by atoms with E-state index in [9.17, 15) is 32.3 Å². The van der Waals surface area contributed by atoms with Crippen LogP contribution in [-0.2, 0) is 52.8 Å². The minimum Gasteiger partial charge on any atom is -0.464 e. The fraction of sp³-hybridized carbons (Fsp3) is 0.580. The number of hydrazine groups is 1. The van der Waals surface area contributed by atoms with Gasteiger partial charge < -0.3 is 29.0 Å². The van der Waals surface area contributed by atoms with Gasteiger partial charge in [0.05, 0.1) is 58.5 Å². The van der Waals surface area contributed by atoms with Gasteiger partial charge in [0.1, 0.15) is 28.6 Å². The Labute approximate surface area is 420 Å². The Bertz CT molecular complexity index is 2710. The summed E-state index contributed by atoms with van der Waals surface area (Å²) in [6.07, 6.45) is -3.22. The van der Waals surface area contributed by atoms with Crippen molar-refractivity contribution in [1.82, 2.24) is 44.5 Å². The van der Waals surface area contributed by atoms with Gasteiger partial charge in [-0.3, -0.25) is 34.1 Å². The van der Waals surface area contributed by atoms with Crippen LogP contribution in [-0.4, -0.2) is 151 Å². The topological polar surface area (TPSA) is 173 Å². The Morgan fingerprint density at radius 3 is 2.55 bits per heavy atom. The number of nitrogens with one attached hydrogen (secondary N) is 2. The van der Waals surface area contributed by atoms with Gasteiger partial charge in [0.15, 0.2) is 0 Å². The number of carbonyl (C=O) groups is 4. The summed E-state index contributed by atoms with van der Waals surface area (Å²) in [6, 6.07) is 7.34. The molecule has 0 aliphatic carbocycles. The Morgan fingerprint density at radius 2 is 1.87 bits per heavy atom. The van der Waals surface area contributed by atoms with Crippen LogP contribution in [0.25, 0.3) is 32.7 Å². The molecule has 1 aromatic carbocycles. The highest BCUT2D eigenvalue weighted by atomic mass is 32.1. The van der Waals surface area contributed by atoms with E-state index in [1.165, 1.54) is 16.7 Å². The zero-order valence-electron chi connectivity index (χ0n) is 42.0. The number of amides is 3. The number of cyclic esters (lactones) is 1. The van der Waals surface area contributed by atoms with Gasteiger partial charge in [-0.2, -0.15) is 17.5 Å². The Morgan fingerprint density at radius 1 is 1.14 bits per heavy atom. The molecule has 6 bridgehead atoms. The molecular formula is C50H63F3N9O7SSi. The van der Waals surface area contributed by atoms with Crippen molar-refractivity contribution in [3.05, 3.63) is 53.6 Å². The third-order valence-electron chi connectivity index (χ3n) is 13.6. The first-order chi connectivity index (χ1) is 33.3. The van der Waals surface area contributed by atoms with Crippen molar-refractivity contribution >= 4 is 56.4 Å². The van der Waals surface area contributed by atoms with Gasteiger partial charge in [0.2, 0.25) is 5.91 Å². The number of nitrogens with zero attached hydrogens (tertiary/aromatic N) is 7. The molecule has 2 saturated heterocycles. The van der Waals surface area contributed by atoms with Crippen molar-refractivity contribution in [2.45, 2.75) is 116 Å². The Balaban J connectivity index is 1.23. The van der Waals surface area contributed by atoms with E-state index in [0.717, 1.165) is 11.5 Å². The first-order valence-corrected chi connectivity index (χ1v) is 25.0. The maximum Gasteiger partial charge on any atom is 0.406 e. The van der Waals surface area contributed by atoms with Gasteiger partial charge in [0.25, 0.3) is 11.8 Å². The number of carbonyl (C=O) groups excluding carboxylic acids is 4. The number of ether oxygens (including phenoxy) is 3. The molecule has 16 nitrogen and oxygen atoms in total. The summed E-state index contributed by atoms with van der Waals surface area (Å²) in [5, 5.41) is 3.70. The third-order valence-corrected chi connectivity index (χ3v) is 14.9. The van der Waals surface area contributed by atoms with Gasteiger partial charge in [-0.1, -0.05) is 33.6 Å². The fourth-order valence-electron chi connectivity index (χ4n) is 8.73. The van der Waals surface area contributed by atoms with Crippen molar-refractivity contribution < 1.29 is 46.6 Å². The lowest BCUT2D eigenvalue weighted by Gasteiger charge is -2.41. The SMILES string of the molecule is CO[C@@H](C)c1ncccc1-c1c2c3cc(ccc3n1CC(F)(F)F)-c1nc(ns1)C[C@H](NC(=O)[C@@H](COC1CN(C(=O)C#CC(C)(C)N(C)C)C1)C(C)C)C(=O)N1CCC[C@@]([Si])(N1)C(=O)OCC(C)(C)C2. The second-order valence-corrected chi connectivity index (χ2v) is 22.2. The van der Waals surface area contributed by atoms with Crippen LogP contribution in [0.2, 0.25) is 0 Å². The van der Waals surface area contributed by atoms with E-state index in [2.05, 4.69) is 42.2 Å². The molecule has 3 radical (unpaired) electrons. The monoisotopic (exact) mass is 1020 g/mol. The molecule has 6 heterocycles. The van der Waals surface area contributed by atoms with Crippen LogP contribution >= 0.6 is 11.5 Å². The predicted molar refractivity (Wildman–Crippen MR) is 262 cm³/mol. The minimum absolute atomic E-state index is 0.0221. The molecule has 4 aromatic rings. The summed E-state index contributed by atoms with van der Waals surface area (Å²) in [6.45, 7) is 12.6. The number of halogens is 3. The number of esters is 1. The molecule has 21 heteroatoms. The van der Waals surface area contributed by atoms with Crippen molar-refractivity contribution in [3.63, 3.8) is 0 Å². The molecule has 3 amide bonds. The minimum atomic E-state index is -4.60. The summed E-state index contributed by atoms with van der Waals surface area (Å²) in [5.41, 5.74) is 4.43. The van der Waals surface area contributed by atoms with E-state index in [-0.39, 0.29) is 62.8 Å². The number of hydrogen-bond acceptors (Lipinski definition) is 13. The number of aromatic nitrogens is 4. The first kappa shape index (κ1) is 53.6. The number of likely N-dealkylation sites (tertiary alicyclic amines) is 1.